The number of nitrogens with one attached hydrogen (secondary N) is 2. The second-order valence-electron chi connectivity index (χ2n) is 5.78. The Kier molecular flexibility index (Phi) is 4.87. The first-order valence-corrected chi connectivity index (χ1v) is 9.71. The zero-order valence-electron chi connectivity index (χ0n) is 14.6. The number of sulfonamides is 1. The third-order valence-electron chi connectivity index (χ3n) is 3.77. The number of rotatable bonds is 5. The highest BCUT2D eigenvalue weighted by Gasteiger charge is 2.10. The molecule has 0 atom stereocenters. The predicted molar refractivity (Wildman–Crippen MR) is 105 cm³/mol. The van der Waals surface area contributed by atoms with Gasteiger partial charge >= 0.3 is 0 Å². The van der Waals surface area contributed by atoms with E-state index < -0.39 is 15.6 Å². The highest BCUT2D eigenvalue weighted by atomic mass is 32.2. The van der Waals surface area contributed by atoms with Crippen molar-refractivity contribution < 1.29 is 18.3 Å². The van der Waals surface area contributed by atoms with Gasteiger partial charge in [0.1, 0.15) is 5.75 Å². The maximum atomic E-state index is 11.9. The van der Waals surface area contributed by atoms with Crippen LogP contribution in [0.25, 0.3) is 10.8 Å². The molecule has 0 spiro atoms. The Hall–Kier alpha value is -3.33. The van der Waals surface area contributed by atoms with Gasteiger partial charge in [0.2, 0.25) is 15.9 Å². The Balaban J connectivity index is 2.02. The summed E-state index contributed by atoms with van der Waals surface area (Å²) in [6.45, 7) is 0. The molecule has 27 heavy (non-hydrogen) atoms. The fourth-order valence-electron chi connectivity index (χ4n) is 2.60. The van der Waals surface area contributed by atoms with Crippen LogP contribution in [0.4, 0.5) is 11.4 Å². The van der Waals surface area contributed by atoms with Crippen LogP contribution >= 0.6 is 0 Å². The summed E-state index contributed by atoms with van der Waals surface area (Å²) in [4.78, 5) is 18.6. The fourth-order valence-corrected chi connectivity index (χ4v) is 3.17. The first-order valence-electron chi connectivity index (χ1n) is 7.82. The molecule has 0 fully saturated rings. The molecule has 0 saturated heterocycles. The number of anilines is 1. The molecule has 0 aliphatic rings. The fraction of sp³-hybridized carbons (Fsp3) is 0.111. The summed E-state index contributed by atoms with van der Waals surface area (Å²) < 4.78 is 30.4. The summed E-state index contributed by atoms with van der Waals surface area (Å²) >= 11 is 0. The Morgan fingerprint density at radius 3 is 2.56 bits per heavy atom. The Morgan fingerprint density at radius 2 is 1.89 bits per heavy atom. The molecule has 8 nitrogen and oxygen atoms in total. The average molecular weight is 387 g/mol. The van der Waals surface area contributed by atoms with Crippen molar-refractivity contribution in [3.8, 4) is 11.6 Å². The minimum absolute atomic E-state index is 0.287. The maximum absolute atomic E-state index is 11.9. The molecular formula is C18H17N3O5S. The predicted octanol–water partition coefficient (Wildman–Crippen LogP) is 2.36. The molecule has 0 unspecified atom stereocenters. The number of fused-ring (bicyclic) bond motifs is 1. The van der Waals surface area contributed by atoms with Gasteiger partial charge in [0, 0.05) is 23.1 Å². The number of aromatic nitrogens is 1. The molecule has 0 aliphatic carbocycles. The molecule has 0 saturated carbocycles. The molecule has 2 aromatic carbocycles. The van der Waals surface area contributed by atoms with Crippen molar-refractivity contribution in [2.24, 2.45) is 4.99 Å². The van der Waals surface area contributed by atoms with Gasteiger partial charge in [0.05, 0.1) is 30.3 Å². The average Bonchev–Trinajstić information content (AvgIpc) is 2.61. The van der Waals surface area contributed by atoms with E-state index >= 15 is 0 Å². The van der Waals surface area contributed by atoms with E-state index in [4.69, 9.17) is 4.74 Å². The van der Waals surface area contributed by atoms with Gasteiger partial charge in [-0.15, -0.1) is 0 Å². The van der Waals surface area contributed by atoms with Gasteiger partial charge in [0.25, 0.3) is 5.56 Å². The van der Waals surface area contributed by atoms with E-state index in [1.807, 2.05) is 0 Å². The second-order valence-corrected chi connectivity index (χ2v) is 7.53. The van der Waals surface area contributed by atoms with Crippen LogP contribution in [0.2, 0.25) is 0 Å². The van der Waals surface area contributed by atoms with Gasteiger partial charge in [-0.1, -0.05) is 18.2 Å². The largest absolute Gasteiger partial charge is 0.494 e. The highest BCUT2D eigenvalue weighted by molar-refractivity contribution is 7.92. The molecule has 3 rings (SSSR count). The molecule has 0 radical (unpaired) electrons. The molecule has 140 valence electrons. The van der Waals surface area contributed by atoms with Crippen LogP contribution in [0, 0.1) is 0 Å². The first kappa shape index (κ1) is 18.5. The van der Waals surface area contributed by atoms with Crippen LogP contribution in [0.15, 0.2) is 52.3 Å². The zero-order valence-corrected chi connectivity index (χ0v) is 15.4. The number of aromatic amines is 1. The van der Waals surface area contributed by atoms with E-state index in [0.29, 0.717) is 27.8 Å². The summed E-state index contributed by atoms with van der Waals surface area (Å²) in [7, 11) is -2.03. The first-order chi connectivity index (χ1) is 12.8. The van der Waals surface area contributed by atoms with E-state index in [2.05, 4.69) is 14.7 Å². The summed E-state index contributed by atoms with van der Waals surface area (Å²) in [6, 6.07) is 11.5. The van der Waals surface area contributed by atoms with Crippen molar-refractivity contribution in [2.45, 2.75) is 0 Å². The quantitative estimate of drug-likeness (QED) is 0.580. The van der Waals surface area contributed by atoms with Crippen molar-refractivity contribution in [3.63, 3.8) is 0 Å². The molecule has 0 amide bonds. The van der Waals surface area contributed by atoms with Crippen LogP contribution in [0.3, 0.4) is 0 Å². The summed E-state index contributed by atoms with van der Waals surface area (Å²) in [6.07, 6.45) is 2.47. The minimum atomic E-state index is -3.45. The number of hydrogen-bond donors (Lipinski definition) is 3. The van der Waals surface area contributed by atoms with Crippen LogP contribution < -0.4 is 15.0 Å². The van der Waals surface area contributed by atoms with Crippen LogP contribution in [-0.4, -0.2) is 38.1 Å². The molecule has 1 heterocycles. The van der Waals surface area contributed by atoms with E-state index in [1.54, 1.807) is 36.4 Å². The molecule has 0 bridgehead atoms. The van der Waals surface area contributed by atoms with Crippen molar-refractivity contribution in [3.05, 3.63) is 58.4 Å². The van der Waals surface area contributed by atoms with Crippen molar-refractivity contribution in [1.82, 2.24) is 4.98 Å². The third kappa shape index (κ3) is 4.09. The third-order valence-corrected chi connectivity index (χ3v) is 4.36. The van der Waals surface area contributed by atoms with Gasteiger partial charge in [0.15, 0.2) is 0 Å². The Bertz CT molecular complexity index is 1200. The lowest BCUT2D eigenvalue weighted by molar-refractivity contribution is 0.417. The van der Waals surface area contributed by atoms with Crippen molar-refractivity contribution in [2.75, 3.05) is 18.1 Å². The monoisotopic (exact) mass is 387 g/mol. The lowest BCUT2D eigenvalue weighted by atomic mass is 10.1. The SMILES string of the molecule is COc1cc(N=Cc2c(O)[nH]c(=O)c3ccccc23)ccc1NS(C)(=O)=O. The smallest absolute Gasteiger partial charge is 0.258 e. The molecular weight excluding hydrogens is 370 g/mol. The number of aliphatic imine (C=N–C) groups is 1. The number of nitrogens with zero attached hydrogens (tertiary/aromatic N) is 1. The van der Waals surface area contributed by atoms with E-state index in [-0.39, 0.29) is 11.6 Å². The number of benzene rings is 2. The highest BCUT2D eigenvalue weighted by Crippen LogP contribution is 2.30. The van der Waals surface area contributed by atoms with Crippen LogP contribution in [-0.2, 0) is 10.0 Å². The Labute approximate surface area is 155 Å². The summed E-state index contributed by atoms with van der Waals surface area (Å²) in [5.74, 6) is 0.00963. The second kappa shape index (κ2) is 7.12. The van der Waals surface area contributed by atoms with Gasteiger partial charge in [-0.05, 0) is 18.2 Å². The topological polar surface area (TPSA) is 121 Å². The van der Waals surface area contributed by atoms with Gasteiger partial charge < -0.3 is 9.84 Å². The van der Waals surface area contributed by atoms with Crippen molar-refractivity contribution >= 4 is 38.4 Å². The van der Waals surface area contributed by atoms with E-state index in [1.165, 1.54) is 19.4 Å². The number of methoxy groups -OCH3 is 1. The van der Waals surface area contributed by atoms with Crippen LogP contribution in [0.5, 0.6) is 11.6 Å². The standard InChI is InChI=1S/C18H17N3O5S/c1-26-16-9-11(7-8-15(16)21-27(2,24)25)19-10-14-12-5-3-4-6-13(12)17(22)20-18(14)23/h3-10,21H,1-2H3,(H2,20,22,23). The number of hydrogen-bond acceptors (Lipinski definition) is 6. The lowest BCUT2D eigenvalue weighted by Crippen LogP contribution is -2.10. The number of pyridine rings is 1. The zero-order chi connectivity index (χ0) is 19.6. The normalized spacial score (nSPS) is 11.8. The lowest BCUT2D eigenvalue weighted by Gasteiger charge is -2.10. The molecule has 0 aliphatic heterocycles. The maximum Gasteiger partial charge on any atom is 0.258 e. The molecule has 9 heteroatoms. The van der Waals surface area contributed by atoms with Gasteiger partial charge in [-0.3, -0.25) is 19.5 Å². The minimum Gasteiger partial charge on any atom is -0.494 e. The van der Waals surface area contributed by atoms with Crippen molar-refractivity contribution in [1.29, 1.82) is 0 Å². The van der Waals surface area contributed by atoms with Gasteiger partial charge in [-0.2, -0.15) is 0 Å². The number of H-pyrrole nitrogens is 1. The van der Waals surface area contributed by atoms with Gasteiger partial charge in [-0.25, -0.2) is 8.42 Å². The summed E-state index contributed by atoms with van der Waals surface area (Å²) in [5.41, 5.74) is 0.734. The molecule has 3 aromatic rings. The van der Waals surface area contributed by atoms with Crippen LogP contribution in [0.1, 0.15) is 5.56 Å². The summed E-state index contributed by atoms with van der Waals surface area (Å²) in [5, 5.41) is 11.1. The van der Waals surface area contributed by atoms with E-state index in [0.717, 1.165) is 6.26 Å². The van der Waals surface area contributed by atoms with E-state index in [9.17, 15) is 18.3 Å². The number of aromatic hydroxyl groups is 1. The molecule has 3 N–H and O–H groups in total. The number of ether oxygens (including phenoxy) is 1. The molecule has 1 aromatic heterocycles. The Morgan fingerprint density at radius 1 is 1.19 bits per heavy atom.